The first kappa shape index (κ1) is 70.5. The Morgan fingerprint density at radius 2 is 1.15 bits per heavy atom. The monoisotopic (exact) mass is 1220 g/mol. The van der Waals surface area contributed by atoms with Crippen LogP contribution in [0.15, 0.2) is 54.6 Å². The van der Waals surface area contributed by atoms with E-state index in [1.54, 1.807) is 21.6 Å². The molecule has 86 heavy (non-hydrogen) atoms. The fraction of sp³-hybridized carbons (Fsp3) is 0.627. The molecular weight excluding hydrogens is 1130 g/mol. The van der Waals surface area contributed by atoms with E-state index in [1.165, 1.54) is 17.0 Å². The number of nitrogens with one attached hydrogen (secondary N) is 3. The molecule has 0 saturated carbocycles. The van der Waals surface area contributed by atoms with Gasteiger partial charge in [0, 0.05) is 116 Å². The predicted molar refractivity (Wildman–Crippen MR) is 315 cm³/mol. The summed E-state index contributed by atoms with van der Waals surface area (Å²) in [6.45, 7) is 14.7. The molecule has 3 heterocycles. The van der Waals surface area contributed by atoms with Crippen LogP contribution in [0.3, 0.4) is 0 Å². The van der Waals surface area contributed by atoms with Crippen molar-refractivity contribution in [2.75, 3.05) is 195 Å². The number of amides is 2. The van der Waals surface area contributed by atoms with Crippen LogP contribution in [0.5, 0.6) is 11.5 Å². The number of halogens is 3. The summed E-state index contributed by atoms with van der Waals surface area (Å²) in [7, 11) is 0. The second-order valence-electron chi connectivity index (χ2n) is 20.6. The van der Waals surface area contributed by atoms with Crippen molar-refractivity contribution in [3.63, 3.8) is 0 Å². The number of hydrogen-bond acceptors (Lipinski definition) is 19. The van der Waals surface area contributed by atoms with Crippen LogP contribution in [0, 0.1) is 0 Å². The highest BCUT2D eigenvalue weighted by molar-refractivity contribution is 5.96. The summed E-state index contributed by atoms with van der Waals surface area (Å²) in [4.78, 5) is 77.0. The lowest BCUT2D eigenvalue weighted by molar-refractivity contribution is -0.140. The summed E-state index contributed by atoms with van der Waals surface area (Å²) < 4.78 is 76.5. The number of benzene rings is 2. The quantitative estimate of drug-likeness (QED) is 0.0453. The molecule has 2 saturated heterocycles. The second kappa shape index (κ2) is 38.8. The minimum absolute atomic E-state index is 0.0133. The van der Waals surface area contributed by atoms with E-state index in [0.717, 1.165) is 41.7 Å². The van der Waals surface area contributed by atoms with Crippen LogP contribution < -0.4 is 30.3 Å². The predicted octanol–water partition coefficient (Wildman–Crippen LogP) is 3.03. The summed E-state index contributed by atoms with van der Waals surface area (Å²) in [5, 5.41) is 38.1. The number of ether oxygens (including phenoxy) is 6. The molecule has 480 valence electrons. The number of pyridine rings is 1. The average molecular weight is 1220 g/mol. The van der Waals surface area contributed by atoms with Gasteiger partial charge in [-0.15, -0.1) is 0 Å². The molecule has 2 aliphatic heterocycles. The van der Waals surface area contributed by atoms with E-state index in [2.05, 4.69) is 20.9 Å². The largest absolute Gasteiger partial charge is 0.494 e. The van der Waals surface area contributed by atoms with Crippen molar-refractivity contribution in [1.82, 2.24) is 45.4 Å². The molecule has 2 amide bonds. The molecule has 1 atom stereocenters. The van der Waals surface area contributed by atoms with Crippen LogP contribution in [0.1, 0.15) is 55.2 Å². The Morgan fingerprint density at radius 3 is 1.71 bits per heavy atom. The molecule has 0 spiro atoms. The Labute approximate surface area is 502 Å². The highest BCUT2D eigenvalue weighted by Gasteiger charge is 2.39. The highest BCUT2D eigenvalue weighted by atomic mass is 19.4. The van der Waals surface area contributed by atoms with E-state index in [-0.39, 0.29) is 103 Å². The number of piperazine rings is 1. The number of hydrogen-bond donors (Lipinski definition) is 6. The molecule has 5 rings (SSSR count). The summed E-state index contributed by atoms with van der Waals surface area (Å²) in [5.41, 5.74) is 1.86. The van der Waals surface area contributed by atoms with E-state index in [4.69, 9.17) is 33.4 Å². The first-order chi connectivity index (χ1) is 41.5. The van der Waals surface area contributed by atoms with E-state index < -0.39 is 41.1 Å². The number of para-hydroxylation sites is 1. The van der Waals surface area contributed by atoms with Crippen LogP contribution in [-0.4, -0.2) is 271 Å². The van der Waals surface area contributed by atoms with Crippen LogP contribution in [-0.2, 0) is 50.8 Å². The first-order valence-electron chi connectivity index (χ1n) is 29.6. The standard InChI is InChI=1S/C59H89F3N10O14/c1-4-45-40-71(58(80)47-13-12-46(85-5-2)38-49(47)59(60,61)62)28-29-72(45)52-15-14-50(48-10-7-8-11-53(48)86-6-3)66-51(52)39-64-18-17-63-16-9-30-81-32-34-83-36-37-84-35-33-82-31-19-65-54(73)41-67-20-22-68(42-55(74)75)24-26-70(44-57(78)79)27-25-69(23-21-67)43-56(76)77/h7-8,10-15,38,45,63-64H,4-6,9,16-37,39-44H2,1-3H3,(H,65,73)(H,74,75)(H,76,77)(H,78,79)/t45-/m1/s1. The maximum atomic E-state index is 14.2. The van der Waals surface area contributed by atoms with Gasteiger partial charge in [0.15, 0.2) is 0 Å². The SMILES string of the molecule is CCOc1ccc(C(=O)N2CCN(c3ccc(-c4ccccc4OCC)nc3CNCCNCCCOCCOCCOCCOCCNC(=O)CN3CCN(CC(=O)O)CCN(CC(=O)O)CCN(CC(=O)O)CC3)[C@H](CC)C2)c(C(F)(F)F)c1. The smallest absolute Gasteiger partial charge is 0.417 e. The van der Waals surface area contributed by atoms with E-state index in [1.807, 2.05) is 55.1 Å². The molecule has 0 aliphatic carbocycles. The molecule has 0 radical (unpaired) electrons. The van der Waals surface area contributed by atoms with Crippen LogP contribution in [0.25, 0.3) is 11.3 Å². The first-order valence-corrected chi connectivity index (χ1v) is 29.6. The zero-order valence-electron chi connectivity index (χ0n) is 50.0. The van der Waals surface area contributed by atoms with E-state index in [0.29, 0.717) is 117 Å². The minimum atomic E-state index is -4.74. The normalized spacial score (nSPS) is 16.3. The van der Waals surface area contributed by atoms with Crippen molar-refractivity contribution in [2.24, 2.45) is 0 Å². The molecule has 2 aromatic carbocycles. The maximum Gasteiger partial charge on any atom is 0.417 e. The van der Waals surface area contributed by atoms with Crippen LogP contribution >= 0.6 is 0 Å². The highest BCUT2D eigenvalue weighted by Crippen LogP contribution is 2.37. The number of aliphatic carboxylic acids is 3. The molecule has 6 N–H and O–H groups in total. The van der Waals surface area contributed by atoms with Crippen molar-refractivity contribution >= 4 is 35.4 Å². The van der Waals surface area contributed by atoms with Gasteiger partial charge in [0.2, 0.25) is 5.91 Å². The van der Waals surface area contributed by atoms with Gasteiger partial charge in [0.1, 0.15) is 11.5 Å². The molecule has 2 aliphatic rings. The van der Waals surface area contributed by atoms with Crippen molar-refractivity contribution in [3.05, 3.63) is 71.4 Å². The molecule has 27 heteroatoms. The Hall–Kier alpha value is -6.27. The van der Waals surface area contributed by atoms with Gasteiger partial charge in [0.05, 0.1) is 114 Å². The van der Waals surface area contributed by atoms with E-state index in [9.17, 15) is 52.5 Å². The van der Waals surface area contributed by atoms with Gasteiger partial charge in [-0.3, -0.25) is 43.6 Å². The lowest BCUT2D eigenvalue weighted by Crippen LogP contribution is -2.55. The number of anilines is 1. The number of carboxylic acid groups (broad SMARTS) is 3. The molecule has 24 nitrogen and oxygen atoms in total. The van der Waals surface area contributed by atoms with Gasteiger partial charge in [-0.05, 0) is 75.7 Å². The fourth-order valence-electron chi connectivity index (χ4n) is 9.95. The van der Waals surface area contributed by atoms with Crippen LogP contribution in [0.2, 0.25) is 0 Å². The Kier molecular flexibility index (Phi) is 31.8. The third-order valence-electron chi connectivity index (χ3n) is 14.3. The lowest BCUT2D eigenvalue weighted by Gasteiger charge is -2.43. The maximum absolute atomic E-state index is 14.2. The average Bonchev–Trinajstić information content (AvgIpc) is 1.06. The van der Waals surface area contributed by atoms with Crippen molar-refractivity contribution in [3.8, 4) is 22.8 Å². The van der Waals surface area contributed by atoms with Crippen molar-refractivity contribution in [1.29, 1.82) is 0 Å². The molecule has 3 aromatic rings. The molecule has 0 bridgehead atoms. The molecule has 0 unspecified atom stereocenters. The van der Waals surface area contributed by atoms with Gasteiger partial charge in [-0.25, -0.2) is 4.98 Å². The topological polar surface area (TPSA) is 270 Å². The molecular formula is C59H89F3N10O14. The fourth-order valence-corrected chi connectivity index (χ4v) is 9.95. The van der Waals surface area contributed by atoms with Gasteiger partial charge in [0.25, 0.3) is 5.91 Å². The summed E-state index contributed by atoms with van der Waals surface area (Å²) in [6.07, 6.45) is -3.30. The minimum Gasteiger partial charge on any atom is -0.494 e. The van der Waals surface area contributed by atoms with Crippen molar-refractivity contribution in [2.45, 2.75) is 52.4 Å². The van der Waals surface area contributed by atoms with Gasteiger partial charge in [-0.2, -0.15) is 13.2 Å². The molecule has 1 aromatic heterocycles. The van der Waals surface area contributed by atoms with Gasteiger partial charge < -0.3 is 69.5 Å². The zero-order chi connectivity index (χ0) is 62.1. The third-order valence-corrected chi connectivity index (χ3v) is 14.3. The van der Waals surface area contributed by atoms with Gasteiger partial charge in [-0.1, -0.05) is 19.1 Å². The Balaban J connectivity index is 0.940. The second-order valence-corrected chi connectivity index (χ2v) is 20.6. The van der Waals surface area contributed by atoms with E-state index >= 15 is 0 Å². The summed E-state index contributed by atoms with van der Waals surface area (Å²) in [6, 6.07) is 15.0. The number of rotatable bonds is 37. The zero-order valence-corrected chi connectivity index (χ0v) is 50.0. The summed E-state index contributed by atoms with van der Waals surface area (Å²) in [5.74, 6) is -3.23. The van der Waals surface area contributed by atoms with Gasteiger partial charge >= 0.3 is 24.1 Å². The van der Waals surface area contributed by atoms with Crippen molar-refractivity contribution < 1.29 is 80.9 Å². The Bertz CT molecular complexity index is 2510. The number of alkyl halides is 3. The number of carbonyl (C=O) groups is 5. The number of aromatic nitrogens is 1. The number of carboxylic acids is 3. The van der Waals surface area contributed by atoms with Crippen LogP contribution in [0.4, 0.5) is 18.9 Å². The summed E-state index contributed by atoms with van der Waals surface area (Å²) >= 11 is 0. The number of nitrogens with zero attached hydrogens (tertiary/aromatic N) is 7. The lowest BCUT2D eigenvalue weighted by atomic mass is 10.0. The third kappa shape index (κ3) is 25.6. The Morgan fingerprint density at radius 1 is 0.605 bits per heavy atom. The molecule has 2 fully saturated rings. The number of carbonyl (C=O) groups excluding carboxylic acids is 2.